The number of benzene rings is 4. The van der Waals surface area contributed by atoms with E-state index in [1.54, 1.807) is 12.1 Å². The van der Waals surface area contributed by atoms with Crippen molar-refractivity contribution >= 4 is 57.3 Å². The van der Waals surface area contributed by atoms with Crippen LogP contribution in [-0.2, 0) is 4.79 Å². The molecule has 0 saturated carbocycles. The van der Waals surface area contributed by atoms with Gasteiger partial charge in [0.1, 0.15) is 0 Å². The summed E-state index contributed by atoms with van der Waals surface area (Å²) in [6, 6.07) is 28.1. The number of hydrogen-bond acceptors (Lipinski definition) is 3. The summed E-state index contributed by atoms with van der Waals surface area (Å²) in [5, 5.41) is 8.34. The van der Waals surface area contributed by atoms with Gasteiger partial charge in [0.15, 0.2) is 0 Å². The predicted molar refractivity (Wildman–Crippen MR) is 129 cm³/mol. The fraction of sp³-hybridized carbons (Fsp3) is 0.0400. The number of nitrogens with one attached hydrogen (secondary N) is 2. The van der Waals surface area contributed by atoms with Gasteiger partial charge in [0.05, 0.1) is 16.5 Å². The van der Waals surface area contributed by atoms with Crippen molar-refractivity contribution in [3.8, 4) is 0 Å². The van der Waals surface area contributed by atoms with E-state index in [2.05, 4.69) is 10.6 Å². The molecule has 0 atom stereocenters. The number of hydrogen-bond donors (Lipinski definition) is 2. The lowest BCUT2D eigenvalue weighted by Crippen LogP contribution is -2.14. The van der Waals surface area contributed by atoms with E-state index in [4.69, 9.17) is 11.6 Å². The van der Waals surface area contributed by atoms with Crippen molar-refractivity contribution in [1.29, 1.82) is 0 Å². The van der Waals surface area contributed by atoms with Gasteiger partial charge >= 0.3 is 0 Å². The maximum atomic E-state index is 12.6. The molecule has 4 aromatic carbocycles. The Bertz CT molecular complexity index is 1240. The van der Waals surface area contributed by atoms with Crippen molar-refractivity contribution in [3.63, 3.8) is 0 Å². The maximum Gasteiger partial charge on any atom is 0.255 e. The number of anilines is 2. The summed E-state index contributed by atoms with van der Waals surface area (Å²) in [5.41, 5.74) is 1.90. The summed E-state index contributed by atoms with van der Waals surface area (Å²) in [5.74, 6) is -0.0364. The van der Waals surface area contributed by atoms with Gasteiger partial charge in [-0.1, -0.05) is 54.1 Å². The molecular formula is C25H19ClN2O2S. The molecule has 0 aromatic heterocycles. The fourth-order valence-electron chi connectivity index (χ4n) is 3.07. The minimum Gasteiger partial charge on any atom is -0.324 e. The fourth-order valence-corrected chi connectivity index (χ4v) is 3.95. The van der Waals surface area contributed by atoms with E-state index < -0.39 is 0 Å². The molecule has 0 spiro atoms. The highest BCUT2D eigenvalue weighted by Crippen LogP contribution is 2.24. The molecule has 2 N–H and O–H groups in total. The first-order valence-corrected chi connectivity index (χ1v) is 11.0. The number of carbonyl (C=O) groups is 2. The number of para-hydroxylation sites is 1. The van der Waals surface area contributed by atoms with Crippen LogP contribution < -0.4 is 10.6 Å². The van der Waals surface area contributed by atoms with Gasteiger partial charge in [0.25, 0.3) is 5.91 Å². The van der Waals surface area contributed by atoms with E-state index in [0.29, 0.717) is 22.0 Å². The molecule has 0 fully saturated rings. The van der Waals surface area contributed by atoms with Crippen LogP contribution in [-0.4, -0.2) is 17.6 Å². The summed E-state index contributed by atoms with van der Waals surface area (Å²) in [6.45, 7) is 0. The van der Waals surface area contributed by atoms with Crippen LogP contribution in [0.2, 0.25) is 5.02 Å². The maximum absolute atomic E-state index is 12.6. The van der Waals surface area contributed by atoms with Crippen molar-refractivity contribution in [2.24, 2.45) is 0 Å². The molecule has 4 rings (SSSR count). The van der Waals surface area contributed by atoms with Crippen LogP contribution >= 0.6 is 23.4 Å². The van der Waals surface area contributed by atoms with E-state index >= 15 is 0 Å². The summed E-state index contributed by atoms with van der Waals surface area (Å²) in [4.78, 5) is 25.7. The SMILES string of the molecule is O=C(CSc1ccc(NC(=O)c2ccc3ccccc3c2)cc1)Nc1ccccc1Cl. The molecule has 6 heteroatoms. The van der Waals surface area contributed by atoms with Crippen LogP contribution in [0.4, 0.5) is 11.4 Å². The van der Waals surface area contributed by atoms with Crippen molar-refractivity contribution in [2.45, 2.75) is 4.90 Å². The topological polar surface area (TPSA) is 58.2 Å². The molecule has 31 heavy (non-hydrogen) atoms. The lowest BCUT2D eigenvalue weighted by Gasteiger charge is -2.08. The van der Waals surface area contributed by atoms with Gasteiger partial charge in [-0.25, -0.2) is 0 Å². The third-order valence-electron chi connectivity index (χ3n) is 4.64. The van der Waals surface area contributed by atoms with E-state index in [1.807, 2.05) is 78.9 Å². The second-order valence-electron chi connectivity index (χ2n) is 6.86. The minimum absolute atomic E-state index is 0.133. The average molecular weight is 447 g/mol. The normalized spacial score (nSPS) is 10.6. The zero-order valence-corrected chi connectivity index (χ0v) is 18.0. The van der Waals surface area contributed by atoms with E-state index in [1.165, 1.54) is 11.8 Å². The standard InChI is InChI=1S/C25H19ClN2O2S/c26-22-7-3-4-8-23(22)28-24(29)16-31-21-13-11-20(12-14-21)27-25(30)19-10-9-17-5-1-2-6-18(17)15-19/h1-15H,16H2,(H,27,30)(H,28,29). The monoisotopic (exact) mass is 446 g/mol. The molecule has 0 radical (unpaired) electrons. The highest BCUT2D eigenvalue weighted by atomic mass is 35.5. The second-order valence-corrected chi connectivity index (χ2v) is 8.31. The molecule has 0 bridgehead atoms. The first kappa shape index (κ1) is 21.0. The van der Waals surface area contributed by atoms with Crippen molar-refractivity contribution in [1.82, 2.24) is 0 Å². The zero-order valence-electron chi connectivity index (χ0n) is 16.5. The minimum atomic E-state index is -0.162. The number of thioether (sulfide) groups is 1. The van der Waals surface area contributed by atoms with Crippen LogP contribution in [0.25, 0.3) is 10.8 Å². The van der Waals surface area contributed by atoms with Crippen molar-refractivity contribution < 1.29 is 9.59 Å². The molecule has 2 amide bonds. The molecule has 154 valence electrons. The Kier molecular flexibility index (Phi) is 6.55. The number of rotatable bonds is 6. The molecule has 0 unspecified atom stereocenters. The van der Waals surface area contributed by atoms with Gasteiger partial charge in [-0.15, -0.1) is 11.8 Å². The van der Waals surface area contributed by atoms with E-state index in [0.717, 1.165) is 15.7 Å². The third kappa shape index (κ3) is 5.45. The highest BCUT2D eigenvalue weighted by Gasteiger charge is 2.09. The first-order chi connectivity index (χ1) is 15.1. The summed E-state index contributed by atoms with van der Waals surface area (Å²) >= 11 is 7.47. The molecule has 0 aliphatic carbocycles. The smallest absolute Gasteiger partial charge is 0.255 e. The highest BCUT2D eigenvalue weighted by molar-refractivity contribution is 8.00. The van der Waals surface area contributed by atoms with Gasteiger partial charge in [-0.05, 0) is 59.3 Å². The van der Waals surface area contributed by atoms with Gasteiger partial charge in [0, 0.05) is 16.1 Å². The first-order valence-electron chi connectivity index (χ1n) is 9.66. The Balaban J connectivity index is 1.32. The number of amides is 2. The molecule has 4 aromatic rings. The number of fused-ring (bicyclic) bond motifs is 1. The second kappa shape index (κ2) is 9.69. The van der Waals surface area contributed by atoms with Gasteiger partial charge in [-0.2, -0.15) is 0 Å². The lowest BCUT2D eigenvalue weighted by molar-refractivity contribution is -0.113. The van der Waals surface area contributed by atoms with E-state index in [-0.39, 0.29) is 17.6 Å². The molecular weight excluding hydrogens is 428 g/mol. The number of halogens is 1. The van der Waals surface area contributed by atoms with Crippen molar-refractivity contribution in [3.05, 3.63) is 102 Å². The van der Waals surface area contributed by atoms with Gasteiger partial charge in [-0.3, -0.25) is 9.59 Å². The summed E-state index contributed by atoms with van der Waals surface area (Å²) in [7, 11) is 0. The Morgan fingerprint density at radius 3 is 2.26 bits per heavy atom. The van der Waals surface area contributed by atoms with Crippen LogP contribution in [0.3, 0.4) is 0 Å². The molecule has 0 heterocycles. The molecule has 0 saturated heterocycles. The molecule has 4 nitrogen and oxygen atoms in total. The van der Waals surface area contributed by atoms with Crippen LogP contribution in [0.15, 0.2) is 95.9 Å². The largest absolute Gasteiger partial charge is 0.324 e. The Morgan fingerprint density at radius 1 is 0.774 bits per heavy atom. The van der Waals surface area contributed by atoms with E-state index in [9.17, 15) is 9.59 Å². The van der Waals surface area contributed by atoms with Crippen molar-refractivity contribution in [2.75, 3.05) is 16.4 Å². The number of carbonyl (C=O) groups excluding carboxylic acids is 2. The summed E-state index contributed by atoms with van der Waals surface area (Å²) in [6.07, 6.45) is 0. The quantitative estimate of drug-likeness (QED) is 0.333. The molecule has 0 aliphatic heterocycles. The average Bonchev–Trinajstić information content (AvgIpc) is 2.80. The lowest BCUT2D eigenvalue weighted by atomic mass is 10.1. The van der Waals surface area contributed by atoms with Gasteiger partial charge < -0.3 is 10.6 Å². The predicted octanol–water partition coefficient (Wildman–Crippen LogP) is 6.48. The Labute approximate surface area is 189 Å². The van der Waals surface area contributed by atoms with Gasteiger partial charge in [0.2, 0.25) is 5.91 Å². The summed E-state index contributed by atoms with van der Waals surface area (Å²) < 4.78 is 0. The Morgan fingerprint density at radius 2 is 1.48 bits per heavy atom. The molecule has 0 aliphatic rings. The van der Waals surface area contributed by atoms with Crippen LogP contribution in [0, 0.1) is 0 Å². The Hall–Kier alpha value is -3.28. The zero-order chi connectivity index (χ0) is 21.6. The third-order valence-corrected chi connectivity index (χ3v) is 5.98. The van der Waals surface area contributed by atoms with Crippen LogP contribution in [0.5, 0.6) is 0 Å². The van der Waals surface area contributed by atoms with Crippen LogP contribution in [0.1, 0.15) is 10.4 Å².